The predicted octanol–water partition coefficient (Wildman–Crippen LogP) is 5.18. The highest BCUT2D eigenvalue weighted by molar-refractivity contribution is 6.42. The highest BCUT2D eigenvalue weighted by atomic mass is 35.5. The summed E-state index contributed by atoms with van der Waals surface area (Å²) in [6, 6.07) is 11.1. The average Bonchev–Trinajstić information content (AvgIpc) is 2.80. The Hall–Kier alpha value is -3.49. The monoisotopic (exact) mass is 503 g/mol. The normalized spacial score (nSPS) is 10.7. The average molecular weight is 504 g/mol. The fraction of sp³-hybridized carbons (Fsp3) is 0.208. The minimum absolute atomic E-state index is 0.161. The highest BCUT2D eigenvalue weighted by Gasteiger charge is 2.27. The molecule has 3 N–H and O–H groups in total. The fourth-order valence-electron chi connectivity index (χ4n) is 3.42. The van der Waals surface area contributed by atoms with E-state index in [0.29, 0.717) is 27.7 Å². The third kappa shape index (κ3) is 5.35. The van der Waals surface area contributed by atoms with Crippen molar-refractivity contribution in [3.63, 3.8) is 0 Å². The van der Waals surface area contributed by atoms with Crippen molar-refractivity contribution in [2.24, 2.45) is 0 Å². The Balaban J connectivity index is 2.17. The molecule has 10 heteroatoms. The van der Waals surface area contributed by atoms with Crippen LogP contribution in [-0.2, 0) is 11.3 Å². The van der Waals surface area contributed by atoms with E-state index in [2.05, 4.69) is 5.32 Å². The molecule has 0 aliphatic carbocycles. The van der Waals surface area contributed by atoms with Gasteiger partial charge in [-0.25, -0.2) is 4.79 Å². The molecule has 178 valence electrons. The van der Waals surface area contributed by atoms with Crippen molar-refractivity contribution in [3.8, 4) is 16.9 Å². The molecular formula is C24H23Cl2N3O5. The quantitative estimate of drug-likeness (QED) is 0.411. The van der Waals surface area contributed by atoms with Crippen LogP contribution in [0.2, 0.25) is 10.0 Å². The van der Waals surface area contributed by atoms with Crippen LogP contribution < -0.4 is 15.8 Å². The molecule has 8 nitrogen and oxygen atoms in total. The van der Waals surface area contributed by atoms with Crippen LogP contribution in [0.3, 0.4) is 0 Å². The summed E-state index contributed by atoms with van der Waals surface area (Å²) in [6.07, 6.45) is 1.20. The van der Waals surface area contributed by atoms with Crippen LogP contribution in [0, 0.1) is 6.92 Å². The Bertz CT molecular complexity index is 1310. The molecule has 0 saturated heterocycles. The first-order valence-corrected chi connectivity index (χ1v) is 11.2. The first kappa shape index (κ1) is 25.1. The van der Waals surface area contributed by atoms with Gasteiger partial charge in [0.1, 0.15) is 5.75 Å². The number of nitrogens with one attached hydrogen (secondary N) is 1. The number of carbonyl (C=O) groups excluding carboxylic acids is 1. The van der Waals surface area contributed by atoms with Gasteiger partial charge in [-0.1, -0.05) is 41.4 Å². The second-order valence-corrected chi connectivity index (χ2v) is 8.31. The summed E-state index contributed by atoms with van der Waals surface area (Å²) in [7, 11) is 0. The van der Waals surface area contributed by atoms with Crippen molar-refractivity contribution in [3.05, 3.63) is 74.6 Å². The van der Waals surface area contributed by atoms with Crippen molar-refractivity contribution in [1.82, 2.24) is 9.88 Å². The van der Waals surface area contributed by atoms with Crippen LogP contribution in [0.4, 0.5) is 16.2 Å². The van der Waals surface area contributed by atoms with Gasteiger partial charge < -0.3 is 20.1 Å². The number of carboxylic acid groups (broad SMARTS) is 1. The van der Waals surface area contributed by atoms with Gasteiger partial charge in [-0.2, -0.15) is 0 Å². The van der Waals surface area contributed by atoms with Crippen molar-refractivity contribution in [2.45, 2.75) is 26.8 Å². The van der Waals surface area contributed by atoms with E-state index in [1.165, 1.54) is 10.8 Å². The van der Waals surface area contributed by atoms with Crippen LogP contribution >= 0.6 is 23.2 Å². The number of rotatable bonds is 7. The molecule has 0 spiro atoms. The summed E-state index contributed by atoms with van der Waals surface area (Å²) in [4.78, 5) is 38.3. The van der Waals surface area contributed by atoms with Gasteiger partial charge in [0.05, 0.1) is 22.2 Å². The van der Waals surface area contributed by atoms with Crippen LogP contribution in [0.5, 0.6) is 5.75 Å². The molecule has 0 aliphatic heterocycles. The summed E-state index contributed by atoms with van der Waals surface area (Å²) in [5, 5.41) is 23.0. The predicted molar refractivity (Wildman–Crippen MR) is 132 cm³/mol. The smallest absolute Gasteiger partial charge is 0.326 e. The number of carbonyl (C=O) groups is 2. The van der Waals surface area contributed by atoms with E-state index in [0.717, 1.165) is 10.5 Å². The minimum atomic E-state index is -1.08. The van der Waals surface area contributed by atoms with E-state index in [-0.39, 0.29) is 30.1 Å². The number of carboxylic acids is 1. The van der Waals surface area contributed by atoms with Crippen molar-refractivity contribution < 1.29 is 19.8 Å². The topological polar surface area (TPSA) is 112 Å². The Morgan fingerprint density at radius 3 is 2.44 bits per heavy atom. The number of hydrogen-bond donors (Lipinski definition) is 3. The first-order chi connectivity index (χ1) is 16.1. The van der Waals surface area contributed by atoms with Crippen LogP contribution in [0.15, 0.2) is 53.5 Å². The number of benzene rings is 2. The van der Waals surface area contributed by atoms with Gasteiger partial charge in [0.2, 0.25) is 0 Å². The van der Waals surface area contributed by atoms with E-state index in [1.54, 1.807) is 56.3 Å². The van der Waals surface area contributed by atoms with Crippen LogP contribution in [0.25, 0.3) is 11.1 Å². The third-order valence-corrected chi connectivity index (χ3v) is 5.89. The van der Waals surface area contributed by atoms with Crippen LogP contribution in [0.1, 0.15) is 18.9 Å². The molecule has 2 aromatic carbocycles. The minimum Gasteiger partial charge on any atom is -0.505 e. The van der Waals surface area contributed by atoms with Gasteiger partial charge in [-0.05, 0) is 49.2 Å². The van der Waals surface area contributed by atoms with Crippen LogP contribution in [-0.4, -0.2) is 33.3 Å². The molecule has 0 unspecified atom stereocenters. The number of pyridine rings is 1. The molecular weight excluding hydrogens is 481 g/mol. The highest BCUT2D eigenvalue weighted by Crippen LogP contribution is 2.35. The van der Waals surface area contributed by atoms with E-state index >= 15 is 0 Å². The van der Waals surface area contributed by atoms with Gasteiger partial charge in [0.25, 0.3) is 5.56 Å². The Kier molecular flexibility index (Phi) is 7.86. The number of amides is 2. The number of nitrogens with zero attached hydrogens (tertiary/aromatic N) is 2. The maximum atomic E-state index is 13.2. The number of anilines is 2. The molecule has 3 aromatic rings. The van der Waals surface area contributed by atoms with Gasteiger partial charge in [0.15, 0.2) is 5.69 Å². The second-order valence-electron chi connectivity index (χ2n) is 7.49. The van der Waals surface area contributed by atoms with Crippen molar-refractivity contribution >= 4 is 46.6 Å². The summed E-state index contributed by atoms with van der Waals surface area (Å²) in [5.41, 5.74) is 1.29. The lowest BCUT2D eigenvalue weighted by Crippen LogP contribution is -2.41. The molecule has 3 rings (SSSR count). The number of aromatic nitrogens is 1. The zero-order valence-corrected chi connectivity index (χ0v) is 20.0. The summed E-state index contributed by atoms with van der Waals surface area (Å²) >= 11 is 12.2. The molecule has 0 bridgehead atoms. The molecule has 0 radical (unpaired) electrons. The largest absolute Gasteiger partial charge is 0.505 e. The van der Waals surface area contributed by atoms with Gasteiger partial charge in [-0.15, -0.1) is 0 Å². The molecule has 2 amide bonds. The van der Waals surface area contributed by atoms with Gasteiger partial charge in [0, 0.05) is 24.8 Å². The maximum absolute atomic E-state index is 13.2. The number of aliphatic carboxylic acids is 1. The number of aryl methyl sites for hydroxylation is 2. The van der Waals surface area contributed by atoms with E-state index in [9.17, 15) is 19.5 Å². The Morgan fingerprint density at radius 2 is 1.79 bits per heavy atom. The molecule has 0 saturated carbocycles. The maximum Gasteiger partial charge on any atom is 0.326 e. The standard InChI is InChI=1S/C24H23Cl2N3O5/c1-3-28-13-14(2)22(32)21(23(28)33)29(24(34)27-10-9-20(30)31)17-6-4-5-15(11-17)16-7-8-18(25)19(26)12-16/h4-8,11-13,32H,3,9-10H2,1-2H3,(H,27,34)(H,30,31). The number of hydrogen-bond acceptors (Lipinski definition) is 4. The molecule has 0 aliphatic rings. The van der Waals surface area contributed by atoms with Crippen molar-refractivity contribution in [2.75, 3.05) is 11.4 Å². The molecule has 34 heavy (non-hydrogen) atoms. The van der Waals surface area contributed by atoms with E-state index < -0.39 is 17.6 Å². The zero-order valence-electron chi connectivity index (χ0n) is 18.5. The van der Waals surface area contributed by atoms with Gasteiger partial charge >= 0.3 is 12.0 Å². The van der Waals surface area contributed by atoms with Gasteiger partial charge in [-0.3, -0.25) is 14.5 Å². The number of aromatic hydroxyl groups is 1. The lowest BCUT2D eigenvalue weighted by Gasteiger charge is -2.25. The fourth-order valence-corrected chi connectivity index (χ4v) is 3.72. The number of urea groups is 1. The molecule has 1 aromatic heterocycles. The lowest BCUT2D eigenvalue weighted by atomic mass is 10.0. The summed E-state index contributed by atoms with van der Waals surface area (Å²) in [6.45, 7) is 3.55. The SMILES string of the molecule is CCn1cc(C)c(O)c(N(C(=O)NCCC(=O)O)c2cccc(-c3ccc(Cl)c(Cl)c3)c2)c1=O. The first-order valence-electron chi connectivity index (χ1n) is 10.4. The summed E-state index contributed by atoms with van der Waals surface area (Å²) < 4.78 is 1.38. The Labute approximate surface area is 206 Å². The second kappa shape index (κ2) is 10.6. The Morgan fingerprint density at radius 1 is 1.09 bits per heavy atom. The molecule has 0 fully saturated rings. The van der Waals surface area contributed by atoms with Crippen molar-refractivity contribution in [1.29, 1.82) is 0 Å². The molecule has 0 atom stereocenters. The lowest BCUT2D eigenvalue weighted by molar-refractivity contribution is -0.136. The van der Waals surface area contributed by atoms with E-state index in [1.807, 2.05) is 0 Å². The zero-order chi connectivity index (χ0) is 25.0. The third-order valence-electron chi connectivity index (χ3n) is 5.15. The van der Waals surface area contributed by atoms with E-state index in [4.69, 9.17) is 28.3 Å². The molecule has 1 heterocycles. The summed E-state index contributed by atoms with van der Waals surface area (Å²) in [5.74, 6) is -1.43. The number of halogens is 2.